The van der Waals surface area contributed by atoms with Crippen LogP contribution in [-0.2, 0) is 20.4 Å². The van der Waals surface area contributed by atoms with Gasteiger partial charge in [-0.2, -0.15) is 0 Å². The molecule has 8 heteroatoms. The van der Waals surface area contributed by atoms with Gasteiger partial charge in [0, 0.05) is 11.6 Å². The Bertz CT molecular complexity index is 595. The molecule has 7 nitrogen and oxygen atoms in total. The van der Waals surface area contributed by atoms with E-state index >= 15 is 0 Å². The molecule has 1 unspecified atom stereocenters. The molecule has 0 amide bonds. The van der Waals surface area contributed by atoms with Crippen molar-refractivity contribution in [3.63, 3.8) is 0 Å². The number of rotatable bonds is 6. The molecule has 1 rings (SSSR count). The number of carboxylic acids is 1. The van der Waals surface area contributed by atoms with Crippen molar-refractivity contribution < 1.29 is 23.2 Å². The number of hydrogen-bond acceptors (Lipinski definition) is 5. The number of nitrogens with zero attached hydrogens (tertiary/aromatic N) is 1. The summed E-state index contributed by atoms with van der Waals surface area (Å²) in [7, 11) is -3.75. The van der Waals surface area contributed by atoms with E-state index in [-0.39, 0.29) is 11.3 Å². The second-order valence-electron chi connectivity index (χ2n) is 4.10. The van der Waals surface area contributed by atoms with Gasteiger partial charge in [0.25, 0.3) is 5.69 Å². The Morgan fingerprint density at radius 1 is 1.42 bits per heavy atom. The van der Waals surface area contributed by atoms with E-state index in [1.54, 1.807) is 0 Å². The molecule has 0 aliphatic rings. The Hall–Kier alpha value is -1.96. The SMILES string of the molecule is CC(CC(=O)O)S(=O)(=O)Cc1ccccc1[N+](=O)[O-]. The Balaban J connectivity index is 3.02. The van der Waals surface area contributed by atoms with E-state index in [0.717, 1.165) is 0 Å². The fourth-order valence-electron chi connectivity index (χ4n) is 1.54. The van der Waals surface area contributed by atoms with Gasteiger partial charge in [-0.3, -0.25) is 14.9 Å². The zero-order valence-electron chi connectivity index (χ0n) is 10.1. The fraction of sp³-hybridized carbons (Fsp3) is 0.364. The lowest BCUT2D eigenvalue weighted by Gasteiger charge is -2.10. The number of aliphatic carboxylic acids is 1. The third-order valence-electron chi connectivity index (χ3n) is 2.62. The summed E-state index contributed by atoms with van der Waals surface area (Å²) in [6.07, 6.45) is -0.525. The molecule has 0 bridgehead atoms. The molecule has 0 aliphatic heterocycles. The first-order valence-corrected chi connectivity index (χ1v) is 7.11. The number of sulfone groups is 1. The van der Waals surface area contributed by atoms with E-state index in [0.29, 0.717) is 0 Å². The first kappa shape index (κ1) is 15.1. The second kappa shape index (κ2) is 5.79. The van der Waals surface area contributed by atoms with Crippen molar-refractivity contribution in [2.45, 2.75) is 24.3 Å². The standard InChI is InChI=1S/C11H13NO6S/c1-8(6-11(13)14)19(17,18)7-9-4-2-3-5-10(9)12(15)16/h2-5,8H,6-7H2,1H3,(H,13,14). The molecule has 0 saturated heterocycles. The Morgan fingerprint density at radius 3 is 2.53 bits per heavy atom. The second-order valence-corrected chi connectivity index (χ2v) is 6.52. The van der Waals surface area contributed by atoms with Crippen LogP contribution >= 0.6 is 0 Å². The van der Waals surface area contributed by atoms with Crippen LogP contribution in [0.3, 0.4) is 0 Å². The molecule has 1 atom stereocenters. The molecule has 0 radical (unpaired) electrons. The number of nitro benzene ring substituents is 1. The van der Waals surface area contributed by atoms with Gasteiger partial charge < -0.3 is 5.11 Å². The summed E-state index contributed by atoms with van der Waals surface area (Å²) in [6.45, 7) is 1.28. The number of hydrogen-bond donors (Lipinski definition) is 1. The minimum Gasteiger partial charge on any atom is -0.481 e. The molecule has 0 aliphatic carbocycles. The maximum absolute atomic E-state index is 11.9. The summed E-state index contributed by atoms with van der Waals surface area (Å²) >= 11 is 0. The van der Waals surface area contributed by atoms with Gasteiger partial charge in [0.05, 0.1) is 22.3 Å². The van der Waals surface area contributed by atoms with E-state index < -0.39 is 38.2 Å². The number of carbonyl (C=O) groups is 1. The summed E-state index contributed by atoms with van der Waals surface area (Å²) in [5.74, 6) is -1.77. The quantitative estimate of drug-likeness (QED) is 0.624. The van der Waals surface area contributed by atoms with Crippen LogP contribution in [0.25, 0.3) is 0 Å². The molecular weight excluding hydrogens is 274 g/mol. The molecule has 0 aromatic heterocycles. The lowest BCUT2D eigenvalue weighted by Crippen LogP contribution is -2.23. The van der Waals surface area contributed by atoms with Crippen LogP contribution in [0.5, 0.6) is 0 Å². The van der Waals surface area contributed by atoms with Crippen molar-refractivity contribution in [2.24, 2.45) is 0 Å². The average molecular weight is 287 g/mol. The average Bonchev–Trinajstić information content (AvgIpc) is 2.27. The van der Waals surface area contributed by atoms with Crippen LogP contribution in [0.15, 0.2) is 24.3 Å². The molecule has 104 valence electrons. The molecule has 0 spiro atoms. The van der Waals surface area contributed by atoms with Crippen molar-refractivity contribution in [3.8, 4) is 0 Å². The molecule has 0 fully saturated rings. The summed E-state index contributed by atoms with van der Waals surface area (Å²) in [6, 6.07) is 5.50. The highest BCUT2D eigenvalue weighted by Crippen LogP contribution is 2.22. The number of benzene rings is 1. The topological polar surface area (TPSA) is 115 Å². The van der Waals surface area contributed by atoms with Gasteiger partial charge >= 0.3 is 5.97 Å². The van der Waals surface area contributed by atoms with Crippen molar-refractivity contribution in [1.29, 1.82) is 0 Å². The fourth-order valence-corrected chi connectivity index (χ4v) is 2.90. The third kappa shape index (κ3) is 4.02. The van der Waals surface area contributed by atoms with E-state index in [2.05, 4.69) is 0 Å². The first-order valence-electron chi connectivity index (χ1n) is 5.39. The largest absolute Gasteiger partial charge is 0.481 e. The maximum atomic E-state index is 11.9. The van der Waals surface area contributed by atoms with E-state index in [1.807, 2.05) is 0 Å². The van der Waals surface area contributed by atoms with Gasteiger partial charge in [0.2, 0.25) is 0 Å². The van der Waals surface area contributed by atoms with Gasteiger partial charge in [0.1, 0.15) is 0 Å². The molecule has 1 N–H and O–H groups in total. The predicted octanol–water partition coefficient (Wildman–Crippen LogP) is 1.37. The minimum absolute atomic E-state index is 0.0599. The Labute approximate surface area is 109 Å². The van der Waals surface area contributed by atoms with E-state index in [9.17, 15) is 23.3 Å². The third-order valence-corrected chi connectivity index (χ3v) is 4.73. The number of carboxylic acid groups (broad SMARTS) is 1. The molecule has 0 saturated carbocycles. The number of nitro groups is 1. The first-order chi connectivity index (χ1) is 8.74. The van der Waals surface area contributed by atoms with Gasteiger partial charge in [-0.25, -0.2) is 8.42 Å². The van der Waals surface area contributed by atoms with Crippen molar-refractivity contribution in [1.82, 2.24) is 0 Å². The van der Waals surface area contributed by atoms with Gasteiger partial charge in [-0.1, -0.05) is 18.2 Å². The highest BCUT2D eigenvalue weighted by atomic mass is 32.2. The van der Waals surface area contributed by atoms with Gasteiger partial charge in [-0.15, -0.1) is 0 Å². The maximum Gasteiger partial charge on any atom is 0.304 e. The molecular formula is C11H13NO6S. The highest BCUT2D eigenvalue weighted by molar-refractivity contribution is 7.91. The van der Waals surface area contributed by atoms with E-state index in [1.165, 1.54) is 31.2 Å². The van der Waals surface area contributed by atoms with Crippen LogP contribution in [0.1, 0.15) is 18.9 Å². The molecule has 1 aromatic rings. The monoisotopic (exact) mass is 287 g/mol. The van der Waals surface area contributed by atoms with Gasteiger partial charge in [0.15, 0.2) is 9.84 Å². The van der Waals surface area contributed by atoms with Crippen LogP contribution in [0.4, 0.5) is 5.69 Å². The van der Waals surface area contributed by atoms with Crippen LogP contribution in [-0.4, -0.2) is 29.7 Å². The normalized spacial score (nSPS) is 12.9. The molecule has 1 aromatic carbocycles. The van der Waals surface area contributed by atoms with Crippen molar-refractivity contribution in [2.75, 3.05) is 0 Å². The van der Waals surface area contributed by atoms with Crippen LogP contribution in [0, 0.1) is 10.1 Å². The van der Waals surface area contributed by atoms with Gasteiger partial charge in [-0.05, 0) is 6.92 Å². The molecule has 19 heavy (non-hydrogen) atoms. The summed E-state index contributed by atoms with van der Waals surface area (Å²) in [4.78, 5) is 20.6. The summed E-state index contributed by atoms with van der Waals surface area (Å²) in [5.41, 5.74) is -0.224. The summed E-state index contributed by atoms with van der Waals surface area (Å²) < 4.78 is 23.8. The smallest absolute Gasteiger partial charge is 0.304 e. The summed E-state index contributed by atoms with van der Waals surface area (Å²) in [5, 5.41) is 18.3. The van der Waals surface area contributed by atoms with Crippen molar-refractivity contribution >= 4 is 21.5 Å². The Morgan fingerprint density at radius 2 is 2.00 bits per heavy atom. The Kier molecular flexibility index (Phi) is 4.60. The zero-order chi connectivity index (χ0) is 14.6. The lowest BCUT2D eigenvalue weighted by molar-refractivity contribution is -0.385. The van der Waals surface area contributed by atoms with Crippen molar-refractivity contribution in [3.05, 3.63) is 39.9 Å². The number of para-hydroxylation sites is 1. The van der Waals surface area contributed by atoms with Crippen LogP contribution in [0.2, 0.25) is 0 Å². The predicted molar refractivity (Wildman–Crippen MR) is 67.4 cm³/mol. The highest BCUT2D eigenvalue weighted by Gasteiger charge is 2.26. The van der Waals surface area contributed by atoms with Crippen LogP contribution < -0.4 is 0 Å². The molecule has 0 heterocycles. The van der Waals surface area contributed by atoms with E-state index in [4.69, 9.17) is 5.11 Å². The lowest BCUT2D eigenvalue weighted by atomic mass is 10.2. The minimum atomic E-state index is -3.75. The zero-order valence-corrected chi connectivity index (χ0v) is 11.0.